The van der Waals surface area contributed by atoms with Gasteiger partial charge in [0.05, 0.1) is 11.8 Å². The van der Waals surface area contributed by atoms with Crippen molar-refractivity contribution in [1.82, 2.24) is 15.1 Å². The molecule has 4 atom stereocenters. The fourth-order valence-corrected chi connectivity index (χ4v) is 4.02. The van der Waals surface area contributed by atoms with Gasteiger partial charge < -0.3 is 10.4 Å². The van der Waals surface area contributed by atoms with E-state index in [1.54, 1.807) is 0 Å². The minimum atomic E-state index is -1.03. The number of carboxylic acid groups (broad SMARTS) is 1. The van der Waals surface area contributed by atoms with Gasteiger partial charge in [-0.05, 0) is 43.9 Å². The normalized spacial score (nSPS) is 28.5. The third-order valence-electron chi connectivity index (χ3n) is 5.01. The Morgan fingerprint density at radius 1 is 1.48 bits per heavy atom. The van der Waals surface area contributed by atoms with Gasteiger partial charge in [0.15, 0.2) is 0 Å². The Labute approximate surface area is 123 Å². The van der Waals surface area contributed by atoms with Crippen LogP contribution in [0.1, 0.15) is 43.0 Å². The number of aromatic nitrogens is 2. The number of carboxylic acids is 1. The Kier molecular flexibility index (Phi) is 3.69. The van der Waals surface area contributed by atoms with Crippen LogP contribution in [0.15, 0.2) is 12.4 Å². The molecule has 2 aliphatic rings. The molecule has 0 saturated heterocycles. The first-order valence-corrected chi connectivity index (χ1v) is 7.58. The van der Waals surface area contributed by atoms with Crippen molar-refractivity contribution in [3.8, 4) is 0 Å². The van der Waals surface area contributed by atoms with Crippen LogP contribution in [0.5, 0.6) is 0 Å². The van der Waals surface area contributed by atoms with E-state index >= 15 is 0 Å². The average Bonchev–Trinajstić information content (AvgIpc) is 3.13. The van der Waals surface area contributed by atoms with Crippen LogP contribution in [0.25, 0.3) is 0 Å². The van der Waals surface area contributed by atoms with Crippen molar-refractivity contribution in [1.29, 1.82) is 0 Å². The number of amides is 1. The molecule has 2 saturated carbocycles. The number of carbonyl (C=O) groups excluding carboxylic acids is 1. The summed E-state index contributed by atoms with van der Waals surface area (Å²) in [7, 11) is 0. The molecular weight excluding hydrogens is 270 g/mol. The number of hydrogen-bond donors (Lipinski definition) is 2. The maximum atomic E-state index is 12.0. The van der Waals surface area contributed by atoms with Gasteiger partial charge in [0.1, 0.15) is 6.54 Å². The fourth-order valence-electron chi connectivity index (χ4n) is 4.02. The average molecular weight is 291 g/mol. The molecule has 0 aliphatic heterocycles. The summed E-state index contributed by atoms with van der Waals surface area (Å²) in [5, 5.41) is 15.8. The predicted octanol–water partition coefficient (Wildman–Crippen LogP) is 1.52. The summed E-state index contributed by atoms with van der Waals surface area (Å²) in [5.41, 5.74) is 0.101. The molecule has 4 unspecified atom stereocenters. The molecular formula is C15H21N3O3. The van der Waals surface area contributed by atoms with E-state index < -0.39 is 5.97 Å². The van der Waals surface area contributed by atoms with Crippen LogP contribution in [-0.2, 0) is 11.3 Å². The van der Waals surface area contributed by atoms with Gasteiger partial charge >= 0.3 is 5.97 Å². The minimum absolute atomic E-state index is 0.0679. The van der Waals surface area contributed by atoms with Crippen LogP contribution in [-0.4, -0.2) is 32.8 Å². The van der Waals surface area contributed by atoms with Crippen LogP contribution >= 0.6 is 0 Å². The standard InChI is InChI=1S/C15H21N3O3/c1-9(13-5-10-2-3-11(13)4-10)17-14(19)8-18-7-12(6-16-18)15(20)21/h6-7,9-11,13H,2-5,8H2,1H3,(H,17,19)(H,20,21). The first-order valence-electron chi connectivity index (χ1n) is 7.58. The van der Waals surface area contributed by atoms with Gasteiger partial charge in [-0.1, -0.05) is 6.42 Å². The summed E-state index contributed by atoms with van der Waals surface area (Å²) < 4.78 is 1.37. The lowest BCUT2D eigenvalue weighted by Crippen LogP contribution is -2.41. The molecule has 0 aromatic carbocycles. The molecule has 3 rings (SSSR count). The number of rotatable bonds is 5. The van der Waals surface area contributed by atoms with Crippen LogP contribution in [0.3, 0.4) is 0 Å². The quantitative estimate of drug-likeness (QED) is 0.861. The minimum Gasteiger partial charge on any atom is -0.478 e. The molecule has 6 heteroatoms. The molecule has 114 valence electrons. The number of carbonyl (C=O) groups is 2. The highest BCUT2D eigenvalue weighted by molar-refractivity contribution is 5.87. The van der Waals surface area contributed by atoms with Gasteiger partial charge in [0, 0.05) is 12.2 Å². The lowest BCUT2D eigenvalue weighted by atomic mass is 9.84. The van der Waals surface area contributed by atoms with Crippen molar-refractivity contribution in [2.45, 2.75) is 45.2 Å². The van der Waals surface area contributed by atoms with Crippen molar-refractivity contribution in [3.05, 3.63) is 18.0 Å². The maximum absolute atomic E-state index is 12.0. The van der Waals surface area contributed by atoms with Crippen LogP contribution in [0.2, 0.25) is 0 Å². The summed E-state index contributed by atoms with van der Waals surface area (Å²) in [6.07, 6.45) is 7.85. The second kappa shape index (κ2) is 5.50. The Bertz CT molecular complexity index is 554. The molecule has 0 spiro atoms. The number of hydrogen-bond acceptors (Lipinski definition) is 3. The molecule has 1 aromatic heterocycles. The Morgan fingerprint density at radius 3 is 2.86 bits per heavy atom. The molecule has 2 fully saturated rings. The van der Waals surface area contributed by atoms with Crippen LogP contribution in [0, 0.1) is 17.8 Å². The van der Waals surface area contributed by atoms with E-state index in [9.17, 15) is 9.59 Å². The Hall–Kier alpha value is -1.85. The van der Waals surface area contributed by atoms with E-state index in [2.05, 4.69) is 17.3 Å². The molecule has 2 N–H and O–H groups in total. The van der Waals surface area contributed by atoms with E-state index in [0.29, 0.717) is 5.92 Å². The Balaban J connectivity index is 1.52. The lowest BCUT2D eigenvalue weighted by molar-refractivity contribution is -0.122. The van der Waals surface area contributed by atoms with Crippen LogP contribution in [0.4, 0.5) is 0 Å². The van der Waals surface area contributed by atoms with E-state index in [1.807, 2.05) is 0 Å². The maximum Gasteiger partial charge on any atom is 0.338 e. The van der Waals surface area contributed by atoms with Crippen molar-refractivity contribution >= 4 is 11.9 Å². The van der Waals surface area contributed by atoms with E-state index in [0.717, 1.165) is 11.8 Å². The van der Waals surface area contributed by atoms with Crippen molar-refractivity contribution in [2.24, 2.45) is 17.8 Å². The third-order valence-corrected chi connectivity index (χ3v) is 5.01. The van der Waals surface area contributed by atoms with Gasteiger partial charge in [-0.3, -0.25) is 9.48 Å². The lowest BCUT2D eigenvalue weighted by Gasteiger charge is -2.28. The predicted molar refractivity (Wildman–Crippen MR) is 75.7 cm³/mol. The van der Waals surface area contributed by atoms with Gasteiger partial charge in [-0.2, -0.15) is 5.10 Å². The van der Waals surface area contributed by atoms with Crippen molar-refractivity contribution in [3.63, 3.8) is 0 Å². The summed E-state index contributed by atoms with van der Waals surface area (Å²) in [4.78, 5) is 22.8. The van der Waals surface area contributed by atoms with Crippen molar-refractivity contribution in [2.75, 3.05) is 0 Å². The first-order chi connectivity index (χ1) is 10.0. The second-order valence-corrected chi connectivity index (χ2v) is 6.43. The molecule has 1 amide bonds. The molecule has 2 aliphatic carbocycles. The first kappa shape index (κ1) is 14.1. The molecule has 1 heterocycles. The number of nitrogens with one attached hydrogen (secondary N) is 1. The fraction of sp³-hybridized carbons (Fsp3) is 0.667. The molecule has 1 aromatic rings. The molecule has 2 bridgehead atoms. The summed E-state index contributed by atoms with van der Waals surface area (Å²) >= 11 is 0. The SMILES string of the molecule is CC(NC(=O)Cn1cc(C(=O)O)cn1)C1CC2CCC1C2. The number of fused-ring (bicyclic) bond motifs is 2. The monoisotopic (exact) mass is 291 g/mol. The van der Waals surface area contributed by atoms with E-state index in [1.165, 1.54) is 42.8 Å². The summed E-state index contributed by atoms with van der Waals surface area (Å²) in [6.45, 7) is 2.15. The van der Waals surface area contributed by atoms with Gasteiger partial charge in [-0.25, -0.2) is 4.79 Å². The van der Waals surface area contributed by atoms with Gasteiger partial charge in [0.25, 0.3) is 0 Å². The summed E-state index contributed by atoms with van der Waals surface area (Å²) in [6, 6.07) is 0.183. The van der Waals surface area contributed by atoms with E-state index in [4.69, 9.17) is 5.11 Å². The number of aromatic carboxylic acids is 1. The highest BCUT2D eigenvalue weighted by Gasteiger charge is 2.42. The molecule has 6 nitrogen and oxygen atoms in total. The van der Waals surface area contributed by atoms with Gasteiger partial charge in [0.2, 0.25) is 5.91 Å². The third kappa shape index (κ3) is 2.94. The van der Waals surface area contributed by atoms with Crippen molar-refractivity contribution < 1.29 is 14.7 Å². The topological polar surface area (TPSA) is 84.2 Å². The zero-order valence-electron chi connectivity index (χ0n) is 12.2. The van der Waals surface area contributed by atoms with Gasteiger partial charge in [-0.15, -0.1) is 0 Å². The molecule has 0 radical (unpaired) electrons. The highest BCUT2D eigenvalue weighted by Crippen LogP contribution is 2.49. The Morgan fingerprint density at radius 2 is 2.29 bits per heavy atom. The smallest absolute Gasteiger partial charge is 0.338 e. The second-order valence-electron chi connectivity index (χ2n) is 6.43. The highest BCUT2D eigenvalue weighted by atomic mass is 16.4. The van der Waals surface area contributed by atoms with E-state index in [-0.39, 0.29) is 24.1 Å². The molecule has 21 heavy (non-hydrogen) atoms. The largest absolute Gasteiger partial charge is 0.478 e. The van der Waals surface area contributed by atoms with Crippen LogP contribution < -0.4 is 5.32 Å². The zero-order chi connectivity index (χ0) is 15.0. The number of nitrogens with zero attached hydrogens (tertiary/aromatic N) is 2. The summed E-state index contributed by atoms with van der Waals surface area (Å²) in [5.74, 6) is 1.10. The zero-order valence-corrected chi connectivity index (χ0v) is 12.2.